The maximum absolute atomic E-state index is 10.6. The Labute approximate surface area is 143 Å². The first-order valence-corrected chi connectivity index (χ1v) is 8.67. The normalized spacial score (nSPS) is 19.3. The molecule has 0 aliphatic carbocycles. The van der Waals surface area contributed by atoms with Gasteiger partial charge in [-0.05, 0) is 69.6 Å². The van der Waals surface area contributed by atoms with Crippen molar-refractivity contribution in [3.8, 4) is 0 Å². The van der Waals surface area contributed by atoms with E-state index in [-0.39, 0.29) is 0 Å². The molecule has 24 heavy (non-hydrogen) atoms. The third kappa shape index (κ3) is 4.44. The molecule has 2 N–H and O–H groups in total. The topological polar surface area (TPSA) is 61.5 Å². The molecule has 130 valence electrons. The Morgan fingerprint density at radius 2 is 1.96 bits per heavy atom. The Kier molecular flexibility index (Phi) is 5.33. The Morgan fingerprint density at radius 1 is 1.25 bits per heavy atom. The number of hydrogen-bond acceptors (Lipinski definition) is 5. The summed E-state index contributed by atoms with van der Waals surface area (Å²) in [6.45, 7) is 7.33. The summed E-state index contributed by atoms with van der Waals surface area (Å²) < 4.78 is 5.57. The molecule has 1 aliphatic rings. The highest BCUT2D eigenvalue weighted by molar-refractivity contribution is 5.13. The van der Waals surface area contributed by atoms with Gasteiger partial charge in [-0.3, -0.25) is 9.88 Å². The highest BCUT2D eigenvalue weighted by Crippen LogP contribution is 2.23. The summed E-state index contributed by atoms with van der Waals surface area (Å²) in [5.74, 6) is 1.46. The van der Waals surface area contributed by atoms with Crippen LogP contribution in [0.25, 0.3) is 0 Å². The molecule has 0 bridgehead atoms. The lowest BCUT2D eigenvalue weighted by Crippen LogP contribution is -2.46. The molecule has 0 amide bonds. The summed E-state index contributed by atoms with van der Waals surface area (Å²) in [4.78, 5) is 6.54. The third-order valence-corrected chi connectivity index (χ3v) is 4.75. The quantitative estimate of drug-likeness (QED) is 0.852. The van der Waals surface area contributed by atoms with Crippen molar-refractivity contribution in [3.63, 3.8) is 0 Å². The van der Waals surface area contributed by atoms with E-state index in [9.17, 15) is 5.11 Å². The zero-order chi connectivity index (χ0) is 17.0. The van der Waals surface area contributed by atoms with Crippen LogP contribution in [0, 0.1) is 6.92 Å². The van der Waals surface area contributed by atoms with Gasteiger partial charge in [-0.25, -0.2) is 0 Å². The van der Waals surface area contributed by atoms with Gasteiger partial charge >= 0.3 is 0 Å². The van der Waals surface area contributed by atoms with E-state index in [1.54, 1.807) is 6.92 Å². The van der Waals surface area contributed by atoms with Crippen LogP contribution in [0.4, 0.5) is 0 Å². The van der Waals surface area contributed by atoms with Crippen molar-refractivity contribution in [3.05, 3.63) is 53.7 Å². The van der Waals surface area contributed by atoms with Crippen LogP contribution in [-0.4, -0.2) is 40.7 Å². The van der Waals surface area contributed by atoms with Gasteiger partial charge in [0.15, 0.2) is 0 Å². The number of aliphatic hydroxyl groups is 1. The fourth-order valence-electron chi connectivity index (χ4n) is 3.20. The molecule has 1 unspecified atom stereocenters. The Hall–Kier alpha value is -1.69. The molecule has 0 radical (unpaired) electrons. The largest absolute Gasteiger partial charge is 0.463 e. The lowest BCUT2D eigenvalue weighted by Gasteiger charge is -2.34. The first kappa shape index (κ1) is 17.1. The van der Waals surface area contributed by atoms with Crippen LogP contribution < -0.4 is 5.32 Å². The highest BCUT2D eigenvalue weighted by Gasteiger charge is 2.28. The van der Waals surface area contributed by atoms with Crippen LogP contribution in [0.5, 0.6) is 0 Å². The molecule has 5 nitrogen and oxygen atoms in total. The summed E-state index contributed by atoms with van der Waals surface area (Å²) in [6.07, 6.45) is 5.89. The number of rotatable bonds is 6. The number of piperidine rings is 1. The molecule has 2 aromatic rings. The fourth-order valence-corrected chi connectivity index (χ4v) is 3.20. The zero-order valence-electron chi connectivity index (χ0n) is 14.5. The number of likely N-dealkylation sites (tertiary alicyclic amines) is 1. The molecule has 1 saturated heterocycles. The summed E-state index contributed by atoms with van der Waals surface area (Å²) in [5.41, 5.74) is 0.343. The van der Waals surface area contributed by atoms with Gasteiger partial charge in [0.05, 0.1) is 0 Å². The molecular formula is C19H27N3O2. The number of pyridine rings is 1. The predicted octanol–water partition coefficient (Wildman–Crippen LogP) is 2.44. The summed E-state index contributed by atoms with van der Waals surface area (Å²) in [5, 5.41) is 14.1. The number of furan rings is 1. The smallest absolute Gasteiger partial charge is 0.136 e. The van der Waals surface area contributed by atoms with Gasteiger partial charge in [-0.1, -0.05) is 0 Å². The molecule has 5 heteroatoms. The van der Waals surface area contributed by atoms with E-state index in [0.717, 1.165) is 38.2 Å². The van der Waals surface area contributed by atoms with Crippen LogP contribution in [0.1, 0.15) is 36.8 Å². The number of aromatic nitrogens is 1. The monoisotopic (exact) mass is 329 g/mol. The number of nitrogens with zero attached hydrogens (tertiary/aromatic N) is 2. The Bertz CT molecular complexity index is 631. The van der Waals surface area contributed by atoms with Crippen molar-refractivity contribution < 1.29 is 9.52 Å². The molecule has 0 aromatic carbocycles. The maximum atomic E-state index is 10.6. The van der Waals surface area contributed by atoms with Gasteiger partial charge < -0.3 is 14.8 Å². The SMILES string of the molecule is Cc1ccc(C(C)(O)CNC2CCN(Cc3ccncc3)CC2)o1. The van der Waals surface area contributed by atoms with Crippen molar-refractivity contribution >= 4 is 0 Å². The molecule has 0 saturated carbocycles. The number of hydrogen-bond donors (Lipinski definition) is 2. The number of nitrogens with one attached hydrogen (secondary N) is 1. The average molecular weight is 329 g/mol. The molecular weight excluding hydrogens is 302 g/mol. The van der Waals surface area contributed by atoms with Crippen molar-refractivity contribution in [1.29, 1.82) is 0 Å². The van der Waals surface area contributed by atoms with E-state index >= 15 is 0 Å². The van der Waals surface area contributed by atoms with Crippen LogP contribution in [0.15, 0.2) is 41.1 Å². The van der Waals surface area contributed by atoms with Gasteiger partial charge in [0.25, 0.3) is 0 Å². The fraction of sp³-hybridized carbons (Fsp3) is 0.526. The number of aryl methyl sites for hydroxylation is 1. The molecule has 3 heterocycles. The van der Waals surface area contributed by atoms with Crippen LogP contribution in [0.2, 0.25) is 0 Å². The van der Waals surface area contributed by atoms with Crippen molar-refractivity contribution in [2.75, 3.05) is 19.6 Å². The van der Waals surface area contributed by atoms with E-state index in [1.165, 1.54) is 5.56 Å². The highest BCUT2D eigenvalue weighted by atomic mass is 16.4. The minimum atomic E-state index is -0.970. The summed E-state index contributed by atoms with van der Waals surface area (Å²) >= 11 is 0. The van der Waals surface area contributed by atoms with Gasteiger partial charge in [0.2, 0.25) is 0 Å². The lowest BCUT2D eigenvalue weighted by molar-refractivity contribution is 0.0280. The van der Waals surface area contributed by atoms with Crippen molar-refractivity contribution in [2.45, 2.75) is 44.9 Å². The van der Waals surface area contributed by atoms with Gasteiger partial charge in [0.1, 0.15) is 17.1 Å². The lowest BCUT2D eigenvalue weighted by atomic mass is 10.00. The molecule has 1 aliphatic heterocycles. The predicted molar refractivity (Wildman–Crippen MR) is 93.6 cm³/mol. The molecule has 0 spiro atoms. The summed E-state index contributed by atoms with van der Waals surface area (Å²) in [6, 6.07) is 8.34. The molecule has 2 aromatic heterocycles. The van der Waals surface area contributed by atoms with Gasteiger partial charge in [0, 0.05) is 31.5 Å². The minimum absolute atomic E-state index is 0.446. The van der Waals surface area contributed by atoms with E-state index in [0.29, 0.717) is 18.3 Å². The standard InChI is InChI=1S/C19H27N3O2/c1-15-3-4-18(24-15)19(2,23)14-21-17-7-11-22(12-8-17)13-16-5-9-20-10-6-16/h3-6,9-10,17,21,23H,7-8,11-14H2,1-2H3. The van der Waals surface area contributed by atoms with Gasteiger partial charge in [-0.2, -0.15) is 0 Å². The second kappa shape index (κ2) is 7.47. The van der Waals surface area contributed by atoms with Crippen molar-refractivity contribution in [1.82, 2.24) is 15.2 Å². The molecule has 1 fully saturated rings. The minimum Gasteiger partial charge on any atom is -0.463 e. The van der Waals surface area contributed by atoms with E-state index in [1.807, 2.05) is 31.5 Å². The van der Waals surface area contributed by atoms with Crippen LogP contribution in [0.3, 0.4) is 0 Å². The summed E-state index contributed by atoms with van der Waals surface area (Å²) in [7, 11) is 0. The Morgan fingerprint density at radius 3 is 2.58 bits per heavy atom. The van der Waals surface area contributed by atoms with E-state index in [4.69, 9.17) is 4.42 Å². The first-order chi connectivity index (χ1) is 11.5. The van der Waals surface area contributed by atoms with Gasteiger partial charge in [-0.15, -0.1) is 0 Å². The second-order valence-corrected chi connectivity index (χ2v) is 6.97. The van der Waals surface area contributed by atoms with Crippen LogP contribution in [-0.2, 0) is 12.1 Å². The Balaban J connectivity index is 1.44. The molecule has 1 atom stereocenters. The maximum Gasteiger partial charge on any atom is 0.136 e. The van der Waals surface area contributed by atoms with Crippen LogP contribution >= 0.6 is 0 Å². The zero-order valence-corrected chi connectivity index (χ0v) is 14.5. The molecule has 3 rings (SSSR count). The first-order valence-electron chi connectivity index (χ1n) is 8.67. The van der Waals surface area contributed by atoms with E-state index < -0.39 is 5.60 Å². The van der Waals surface area contributed by atoms with E-state index in [2.05, 4.69) is 27.3 Å². The van der Waals surface area contributed by atoms with Crippen molar-refractivity contribution in [2.24, 2.45) is 0 Å². The second-order valence-electron chi connectivity index (χ2n) is 6.97. The third-order valence-electron chi connectivity index (χ3n) is 4.75. The average Bonchev–Trinajstić information content (AvgIpc) is 3.03.